The summed E-state index contributed by atoms with van der Waals surface area (Å²) in [5.74, 6) is -0.657. The van der Waals surface area contributed by atoms with Crippen molar-refractivity contribution in [3.8, 4) is 6.07 Å². The molecule has 0 N–H and O–H groups in total. The van der Waals surface area contributed by atoms with Crippen molar-refractivity contribution < 1.29 is 13.2 Å². The molecule has 1 aromatic rings. The Balaban J connectivity index is 2.33. The Bertz CT molecular complexity index is 562. The molecule has 1 aliphatic carbocycles. The lowest BCUT2D eigenvalue weighted by Gasteiger charge is -2.02. The van der Waals surface area contributed by atoms with Gasteiger partial charge in [-0.2, -0.15) is 5.26 Å². The van der Waals surface area contributed by atoms with Crippen LogP contribution in [0.1, 0.15) is 23.2 Å². The molecule has 1 aliphatic rings. The van der Waals surface area contributed by atoms with Crippen LogP contribution in [0.3, 0.4) is 0 Å². The number of rotatable bonds is 3. The van der Waals surface area contributed by atoms with Gasteiger partial charge in [0.2, 0.25) is 0 Å². The van der Waals surface area contributed by atoms with E-state index in [1.54, 1.807) is 0 Å². The highest BCUT2D eigenvalue weighted by Crippen LogP contribution is 2.33. The van der Waals surface area contributed by atoms with Crippen molar-refractivity contribution in [3.63, 3.8) is 0 Å². The molecule has 5 heteroatoms. The lowest BCUT2D eigenvalue weighted by atomic mass is 10.1. The van der Waals surface area contributed by atoms with E-state index >= 15 is 0 Å². The van der Waals surface area contributed by atoms with Crippen LogP contribution in [-0.2, 0) is 9.84 Å². The van der Waals surface area contributed by atoms with Crippen molar-refractivity contribution in [1.82, 2.24) is 0 Å². The van der Waals surface area contributed by atoms with E-state index in [0.29, 0.717) is 12.8 Å². The van der Waals surface area contributed by atoms with Crippen molar-refractivity contribution in [2.45, 2.75) is 23.0 Å². The highest BCUT2D eigenvalue weighted by atomic mass is 32.2. The first kappa shape index (κ1) is 10.8. The second kappa shape index (κ2) is 3.72. The van der Waals surface area contributed by atoms with Gasteiger partial charge in [-0.25, -0.2) is 8.42 Å². The summed E-state index contributed by atoms with van der Waals surface area (Å²) in [5.41, 5.74) is 0.220. The summed E-state index contributed by atoms with van der Waals surface area (Å²) < 4.78 is 23.6. The van der Waals surface area contributed by atoms with Crippen molar-refractivity contribution in [2.75, 3.05) is 0 Å². The van der Waals surface area contributed by atoms with E-state index < -0.39 is 15.6 Å². The van der Waals surface area contributed by atoms with Gasteiger partial charge in [-0.3, -0.25) is 4.79 Å². The summed E-state index contributed by atoms with van der Waals surface area (Å²) in [4.78, 5) is 11.2. The molecule has 0 aliphatic heterocycles. The van der Waals surface area contributed by atoms with Crippen molar-refractivity contribution in [2.24, 2.45) is 0 Å². The largest absolute Gasteiger partial charge is 0.277 e. The maximum Gasteiger partial charge on any atom is 0.262 e. The summed E-state index contributed by atoms with van der Waals surface area (Å²) in [6.45, 7) is 0. The molecule has 0 saturated heterocycles. The number of carbonyl (C=O) groups excluding carboxylic acids is 1. The van der Waals surface area contributed by atoms with Gasteiger partial charge in [-0.15, -0.1) is 0 Å². The number of carbonyl (C=O) groups is 1. The van der Waals surface area contributed by atoms with E-state index in [2.05, 4.69) is 0 Å². The summed E-state index contributed by atoms with van der Waals surface area (Å²) in [5, 5.41) is 8.14. The van der Waals surface area contributed by atoms with E-state index in [4.69, 9.17) is 5.26 Å². The number of benzene rings is 1. The average molecular weight is 235 g/mol. The molecule has 0 aromatic heterocycles. The number of hydrogen-bond acceptors (Lipinski definition) is 4. The molecule has 0 amide bonds. The van der Waals surface area contributed by atoms with Crippen LogP contribution < -0.4 is 0 Å². The van der Waals surface area contributed by atoms with E-state index in [0.717, 1.165) is 0 Å². The van der Waals surface area contributed by atoms with Crippen LogP contribution in [0.2, 0.25) is 0 Å². The van der Waals surface area contributed by atoms with Crippen LogP contribution in [-0.4, -0.2) is 19.5 Å². The molecule has 82 valence electrons. The van der Waals surface area contributed by atoms with Gasteiger partial charge in [0.15, 0.2) is 9.84 Å². The molecule has 4 nitrogen and oxygen atoms in total. The zero-order valence-corrected chi connectivity index (χ0v) is 9.20. The molecule has 0 atom stereocenters. The third kappa shape index (κ3) is 1.84. The van der Waals surface area contributed by atoms with Crippen LogP contribution in [0.25, 0.3) is 0 Å². The van der Waals surface area contributed by atoms with Gasteiger partial charge in [-0.05, 0) is 37.1 Å². The lowest BCUT2D eigenvalue weighted by Crippen LogP contribution is -2.07. The van der Waals surface area contributed by atoms with Gasteiger partial charge in [0.25, 0.3) is 5.78 Å². The minimum atomic E-state index is -3.21. The normalized spacial score (nSPS) is 15.4. The summed E-state index contributed by atoms with van der Waals surface area (Å²) in [6, 6.07) is 7.01. The van der Waals surface area contributed by atoms with Crippen molar-refractivity contribution in [1.29, 1.82) is 5.26 Å². The molecule has 0 spiro atoms. The molecule has 16 heavy (non-hydrogen) atoms. The molecule has 0 unspecified atom stereocenters. The van der Waals surface area contributed by atoms with Crippen LogP contribution >= 0.6 is 0 Å². The lowest BCUT2D eigenvalue weighted by molar-refractivity contribution is 0.105. The highest BCUT2D eigenvalue weighted by Gasteiger charge is 2.36. The summed E-state index contributed by atoms with van der Waals surface area (Å²) >= 11 is 0. The number of hydrogen-bond donors (Lipinski definition) is 0. The number of ketones is 1. The number of sulfone groups is 1. The SMILES string of the molecule is N#CC(=O)c1ccc(S(=O)(=O)C2CC2)cc1. The van der Waals surface area contributed by atoms with Crippen LogP contribution in [0.15, 0.2) is 29.2 Å². The fraction of sp³-hybridized carbons (Fsp3) is 0.273. The smallest absolute Gasteiger partial charge is 0.262 e. The first-order chi connectivity index (χ1) is 7.55. The molecular formula is C11H9NO3S. The molecule has 2 rings (SSSR count). The third-order valence-electron chi connectivity index (χ3n) is 2.51. The topological polar surface area (TPSA) is 75.0 Å². The van der Waals surface area contributed by atoms with Gasteiger partial charge in [-0.1, -0.05) is 0 Å². The number of nitrogens with zero attached hydrogens (tertiary/aromatic N) is 1. The zero-order chi connectivity index (χ0) is 11.8. The van der Waals surface area contributed by atoms with E-state index in [1.165, 1.54) is 30.3 Å². The number of nitriles is 1. The predicted octanol–water partition coefficient (Wildman–Crippen LogP) is 1.33. The molecule has 0 radical (unpaired) electrons. The molecule has 1 fully saturated rings. The first-order valence-corrected chi connectivity index (χ1v) is 6.39. The van der Waals surface area contributed by atoms with Gasteiger partial charge >= 0.3 is 0 Å². The molecule has 1 aromatic carbocycles. The van der Waals surface area contributed by atoms with Crippen LogP contribution in [0, 0.1) is 11.3 Å². The Morgan fingerprint density at radius 3 is 2.25 bits per heavy atom. The Hall–Kier alpha value is -1.67. The summed E-state index contributed by atoms with van der Waals surface area (Å²) in [7, 11) is -3.21. The van der Waals surface area contributed by atoms with E-state index in [-0.39, 0.29) is 15.7 Å². The van der Waals surface area contributed by atoms with Crippen LogP contribution in [0.5, 0.6) is 0 Å². The first-order valence-electron chi connectivity index (χ1n) is 4.84. The highest BCUT2D eigenvalue weighted by molar-refractivity contribution is 7.92. The monoisotopic (exact) mass is 235 g/mol. The minimum Gasteiger partial charge on any atom is -0.277 e. The molecular weight excluding hydrogens is 226 g/mol. The maximum absolute atomic E-state index is 11.8. The van der Waals surface area contributed by atoms with Crippen LogP contribution in [0.4, 0.5) is 0 Å². The molecule has 0 heterocycles. The summed E-state index contributed by atoms with van der Waals surface area (Å²) in [6.07, 6.45) is 1.42. The predicted molar refractivity (Wildman–Crippen MR) is 56.6 cm³/mol. The minimum absolute atomic E-state index is 0.220. The Morgan fingerprint density at radius 2 is 1.81 bits per heavy atom. The Morgan fingerprint density at radius 1 is 1.25 bits per heavy atom. The van der Waals surface area contributed by atoms with Crippen molar-refractivity contribution >= 4 is 15.6 Å². The molecule has 0 bridgehead atoms. The fourth-order valence-corrected chi connectivity index (χ4v) is 3.09. The van der Waals surface area contributed by atoms with E-state index in [9.17, 15) is 13.2 Å². The zero-order valence-electron chi connectivity index (χ0n) is 8.38. The standard InChI is InChI=1S/C11H9NO3S/c12-7-11(13)8-1-3-9(4-2-8)16(14,15)10-5-6-10/h1-4,10H,5-6H2. The van der Waals surface area contributed by atoms with Gasteiger partial charge in [0, 0.05) is 5.56 Å². The van der Waals surface area contributed by atoms with Gasteiger partial charge in [0.05, 0.1) is 10.1 Å². The number of Topliss-reactive ketones (excluding diaryl/α,β-unsaturated/α-hetero) is 1. The maximum atomic E-state index is 11.8. The second-order valence-corrected chi connectivity index (χ2v) is 5.94. The third-order valence-corrected chi connectivity index (χ3v) is 4.79. The van der Waals surface area contributed by atoms with E-state index in [1.807, 2.05) is 0 Å². The fourth-order valence-electron chi connectivity index (χ4n) is 1.43. The average Bonchev–Trinajstić information content (AvgIpc) is 3.12. The Labute approximate surface area is 93.4 Å². The Kier molecular flexibility index (Phi) is 2.52. The van der Waals surface area contributed by atoms with Crippen molar-refractivity contribution in [3.05, 3.63) is 29.8 Å². The van der Waals surface area contributed by atoms with Gasteiger partial charge < -0.3 is 0 Å². The quantitative estimate of drug-likeness (QED) is 0.585. The second-order valence-electron chi connectivity index (χ2n) is 3.71. The van der Waals surface area contributed by atoms with Gasteiger partial charge in [0.1, 0.15) is 6.07 Å². The molecule has 1 saturated carbocycles.